The molecule has 2 aliphatic heterocycles. The van der Waals surface area contributed by atoms with Gasteiger partial charge in [0.05, 0.1) is 18.1 Å². The van der Waals surface area contributed by atoms with E-state index in [1.165, 1.54) is 0 Å². The molecule has 0 amide bonds. The highest BCUT2D eigenvalue weighted by atomic mass is 16.5. The van der Waals surface area contributed by atoms with Gasteiger partial charge in [-0.3, -0.25) is 4.90 Å². The fourth-order valence-corrected chi connectivity index (χ4v) is 3.87. The quantitative estimate of drug-likeness (QED) is 0.762. The number of nitrogens with two attached hydrogens (primary N) is 1. The lowest BCUT2D eigenvalue weighted by atomic mass is 9.81. The first-order chi connectivity index (χ1) is 14.0. The van der Waals surface area contributed by atoms with Crippen LogP contribution >= 0.6 is 0 Å². The maximum atomic E-state index is 12.7. The van der Waals surface area contributed by atoms with Crippen molar-refractivity contribution in [2.24, 2.45) is 5.73 Å². The zero-order valence-corrected chi connectivity index (χ0v) is 17.3. The molecule has 1 aromatic carbocycles. The average Bonchev–Trinajstić information content (AvgIpc) is 2.70. The molecule has 7 nitrogen and oxygen atoms in total. The molecule has 2 aliphatic rings. The van der Waals surface area contributed by atoms with Crippen LogP contribution in [0, 0.1) is 11.3 Å². The Labute approximate surface area is 172 Å². The predicted molar refractivity (Wildman–Crippen MR) is 109 cm³/mol. The Morgan fingerprint density at radius 2 is 2.00 bits per heavy atom. The number of rotatable bonds is 5. The molecular formula is C22H28N4O3. The van der Waals surface area contributed by atoms with Crippen LogP contribution in [0.5, 0.6) is 0 Å². The Morgan fingerprint density at radius 3 is 2.66 bits per heavy atom. The average molecular weight is 396 g/mol. The highest BCUT2D eigenvalue weighted by Crippen LogP contribution is 2.41. The van der Waals surface area contributed by atoms with Gasteiger partial charge in [-0.1, -0.05) is 24.3 Å². The number of esters is 1. The van der Waals surface area contributed by atoms with Crippen LogP contribution < -0.4 is 5.73 Å². The number of piperazine rings is 1. The monoisotopic (exact) mass is 396 g/mol. The maximum absolute atomic E-state index is 12.7. The molecule has 3 rings (SSSR count). The molecule has 1 atom stereocenters. The first-order valence-electron chi connectivity index (χ1n) is 9.90. The standard InChI is InChI=1S/C22H28N4O3/c1-4-28-22(27)19-15(2)29-21(24)18(13-23)20(19)17-8-6-5-7-16(17)14-26-11-9-25(3)10-12-26/h5-8,20H,4,9-12,14,24H2,1-3H3. The molecule has 0 aromatic heterocycles. The van der Waals surface area contributed by atoms with Gasteiger partial charge in [-0.25, -0.2) is 4.79 Å². The van der Waals surface area contributed by atoms with Crippen molar-refractivity contribution in [1.82, 2.24) is 9.80 Å². The Kier molecular flexibility index (Phi) is 6.57. The number of likely N-dealkylation sites (N-methyl/N-ethyl adjacent to an activating group) is 1. The second-order valence-electron chi connectivity index (χ2n) is 7.39. The van der Waals surface area contributed by atoms with E-state index in [0.717, 1.165) is 43.9 Å². The molecule has 1 aromatic rings. The van der Waals surface area contributed by atoms with Gasteiger partial charge < -0.3 is 20.1 Å². The van der Waals surface area contributed by atoms with Crippen molar-refractivity contribution in [3.05, 3.63) is 58.2 Å². The van der Waals surface area contributed by atoms with Crippen molar-refractivity contribution < 1.29 is 14.3 Å². The van der Waals surface area contributed by atoms with Crippen LogP contribution in [0.4, 0.5) is 0 Å². The Morgan fingerprint density at radius 1 is 1.31 bits per heavy atom. The van der Waals surface area contributed by atoms with Crippen LogP contribution in [0.15, 0.2) is 47.1 Å². The van der Waals surface area contributed by atoms with E-state index < -0.39 is 11.9 Å². The third-order valence-electron chi connectivity index (χ3n) is 5.46. The van der Waals surface area contributed by atoms with E-state index in [1.54, 1.807) is 13.8 Å². The molecule has 1 saturated heterocycles. The normalized spacial score (nSPS) is 21.0. The van der Waals surface area contributed by atoms with Crippen LogP contribution in [0.3, 0.4) is 0 Å². The maximum Gasteiger partial charge on any atom is 0.338 e. The van der Waals surface area contributed by atoms with Crippen molar-refractivity contribution in [2.75, 3.05) is 39.8 Å². The number of carbonyl (C=O) groups is 1. The number of allylic oxidation sites excluding steroid dienone is 2. The smallest absolute Gasteiger partial charge is 0.338 e. The fourth-order valence-electron chi connectivity index (χ4n) is 3.87. The number of nitriles is 1. The van der Waals surface area contributed by atoms with Crippen LogP contribution in [0.25, 0.3) is 0 Å². The molecule has 0 aliphatic carbocycles. The minimum absolute atomic E-state index is 0.0393. The second kappa shape index (κ2) is 9.12. The largest absolute Gasteiger partial charge is 0.463 e. The van der Waals surface area contributed by atoms with E-state index in [4.69, 9.17) is 15.2 Å². The molecule has 0 radical (unpaired) electrons. The molecule has 29 heavy (non-hydrogen) atoms. The van der Waals surface area contributed by atoms with E-state index in [0.29, 0.717) is 11.3 Å². The third-order valence-corrected chi connectivity index (χ3v) is 5.46. The molecule has 0 saturated carbocycles. The summed E-state index contributed by atoms with van der Waals surface area (Å²) in [5.41, 5.74) is 8.56. The molecule has 154 valence electrons. The second-order valence-corrected chi connectivity index (χ2v) is 7.39. The van der Waals surface area contributed by atoms with Crippen molar-refractivity contribution in [3.8, 4) is 6.07 Å². The van der Waals surface area contributed by atoms with E-state index in [9.17, 15) is 10.1 Å². The molecule has 7 heteroatoms. The fraction of sp³-hybridized carbons (Fsp3) is 0.455. The zero-order valence-electron chi connectivity index (χ0n) is 17.3. The van der Waals surface area contributed by atoms with E-state index >= 15 is 0 Å². The van der Waals surface area contributed by atoms with Gasteiger partial charge in [0.1, 0.15) is 17.4 Å². The van der Waals surface area contributed by atoms with E-state index in [-0.39, 0.29) is 18.1 Å². The molecule has 1 unspecified atom stereocenters. The summed E-state index contributed by atoms with van der Waals surface area (Å²) in [4.78, 5) is 17.4. The van der Waals surface area contributed by atoms with Gasteiger partial charge in [0, 0.05) is 32.7 Å². The van der Waals surface area contributed by atoms with Crippen LogP contribution in [0.2, 0.25) is 0 Å². The molecule has 0 bridgehead atoms. The van der Waals surface area contributed by atoms with E-state index in [2.05, 4.69) is 22.9 Å². The molecule has 1 fully saturated rings. The van der Waals surface area contributed by atoms with Gasteiger partial charge in [-0.2, -0.15) is 5.26 Å². The lowest BCUT2D eigenvalue weighted by Gasteiger charge is -2.34. The van der Waals surface area contributed by atoms with Crippen LogP contribution in [-0.2, 0) is 20.8 Å². The van der Waals surface area contributed by atoms with Crippen molar-refractivity contribution in [1.29, 1.82) is 5.26 Å². The van der Waals surface area contributed by atoms with Crippen molar-refractivity contribution in [3.63, 3.8) is 0 Å². The lowest BCUT2D eigenvalue weighted by molar-refractivity contribution is -0.139. The highest BCUT2D eigenvalue weighted by molar-refractivity contribution is 5.92. The van der Waals surface area contributed by atoms with Gasteiger partial charge >= 0.3 is 5.97 Å². The lowest BCUT2D eigenvalue weighted by Crippen LogP contribution is -2.44. The summed E-state index contributed by atoms with van der Waals surface area (Å²) in [6.07, 6.45) is 0. The highest BCUT2D eigenvalue weighted by Gasteiger charge is 2.37. The van der Waals surface area contributed by atoms with Crippen LogP contribution in [0.1, 0.15) is 30.9 Å². The molecule has 0 spiro atoms. The first-order valence-corrected chi connectivity index (χ1v) is 9.90. The van der Waals surface area contributed by atoms with Gasteiger partial charge in [-0.15, -0.1) is 0 Å². The summed E-state index contributed by atoms with van der Waals surface area (Å²) in [6, 6.07) is 10.1. The number of benzene rings is 1. The minimum atomic E-state index is -0.600. The number of nitrogens with zero attached hydrogens (tertiary/aromatic N) is 3. The topological polar surface area (TPSA) is 91.8 Å². The summed E-state index contributed by atoms with van der Waals surface area (Å²) in [6.45, 7) is 8.41. The summed E-state index contributed by atoms with van der Waals surface area (Å²) in [5.74, 6) is -0.669. The Bertz CT molecular complexity index is 876. The first kappa shape index (κ1) is 20.9. The minimum Gasteiger partial charge on any atom is -0.463 e. The Hall–Kier alpha value is -2.82. The number of hydrogen-bond donors (Lipinski definition) is 1. The molecular weight excluding hydrogens is 368 g/mol. The predicted octanol–water partition coefficient (Wildman–Crippen LogP) is 2.08. The summed E-state index contributed by atoms with van der Waals surface area (Å²) in [7, 11) is 2.12. The SMILES string of the molecule is CCOC(=O)C1=C(C)OC(N)=C(C#N)C1c1ccccc1CN1CCN(C)CC1. The van der Waals surface area contributed by atoms with Gasteiger partial charge in [-0.05, 0) is 32.0 Å². The number of carbonyl (C=O) groups excluding carboxylic acids is 1. The molecule has 2 heterocycles. The van der Waals surface area contributed by atoms with Crippen molar-refractivity contribution >= 4 is 5.97 Å². The summed E-state index contributed by atoms with van der Waals surface area (Å²) < 4.78 is 10.8. The summed E-state index contributed by atoms with van der Waals surface area (Å²) >= 11 is 0. The van der Waals surface area contributed by atoms with Gasteiger partial charge in [0.2, 0.25) is 5.88 Å². The van der Waals surface area contributed by atoms with Crippen LogP contribution in [-0.4, -0.2) is 55.6 Å². The van der Waals surface area contributed by atoms with E-state index in [1.807, 2.05) is 24.3 Å². The van der Waals surface area contributed by atoms with Gasteiger partial charge in [0.25, 0.3) is 0 Å². The Balaban J connectivity index is 2.02. The summed E-state index contributed by atoms with van der Waals surface area (Å²) in [5, 5.41) is 9.79. The zero-order chi connectivity index (χ0) is 21.0. The molecule has 2 N–H and O–H groups in total. The number of ether oxygens (including phenoxy) is 2. The van der Waals surface area contributed by atoms with Crippen molar-refractivity contribution in [2.45, 2.75) is 26.3 Å². The number of hydrogen-bond acceptors (Lipinski definition) is 7. The third kappa shape index (κ3) is 4.44. The van der Waals surface area contributed by atoms with Gasteiger partial charge in [0.15, 0.2) is 0 Å².